The number of carbonyl (C=O) groups is 2. The molecular formula is C21H25N3O2. The molecule has 0 radical (unpaired) electrons. The summed E-state index contributed by atoms with van der Waals surface area (Å²) in [5, 5.41) is 2.59. The summed E-state index contributed by atoms with van der Waals surface area (Å²) in [5.74, 6) is 0.0222. The van der Waals surface area contributed by atoms with Gasteiger partial charge in [0.2, 0.25) is 11.8 Å². The predicted molar refractivity (Wildman–Crippen MR) is 102 cm³/mol. The SMILES string of the molecule is CC(=O)NCC(=O)N1CCCC(c2cccc(-c3cccc(C)c3)n2)C1. The van der Waals surface area contributed by atoms with Gasteiger partial charge in [-0.25, -0.2) is 0 Å². The highest BCUT2D eigenvalue weighted by molar-refractivity contribution is 5.83. The lowest BCUT2D eigenvalue weighted by Gasteiger charge is -2.32. The molecule has 1 N–H and O–H groups in total. The minimum atomic E-state index is -0.181. The molecule has 0 spiro atoms. The van der Waals surface area contributed by atoms with Gasteiger partial charge >= 0.3 is 0 Å². The molecule has 26 heavy (non-hydrogen) atoms. The topological polar surface area (TPSA) is 62.3 Å². The largest absolute Gasteiger partial charge is 0.347 e. The van der Waals surface area contributed by atoms with Crippen LogP contribution in [-0.2, 0) is 9.59 Å². The van der Waals surface area contributed by atoms with Crippen LogP contribution in [0.1, 0.15) is 36.9 Å². The van der Waals surface area contributed by atoms with E-state index in [0.29, 0.717) is 6.54 Å². The summed E-state index contributed by atoms with van der Waals surface area (Å²) in [5.41, 5.74) is 4.32. The molecule has 0 saturated carbocycles. The van der Waals surface area contributed by atoms with E-state index < -0.39 is 0 Å². The fourth-order valence-electron chi connectivity index (χ4n) is 3.40. The molecule has 2 aromatic rings. The molecule has 1 aromatic carbocycles. The van der Waals surface area contributed by atoms with Crippen LogP contribution < -0.4 is 5.32 Å². The first-order valence-corrected chi connectivity index (χ1v) is 9.09. The van der Waals surface area contributed by atoms with Crippen molar-refractivity contribution in [2.24, 2.45) is 0 Å². The molecular weight excluding hydrogens is 326 g/mol. The third-order valence-electron chi connectivity index (χ3n) is 4.77. The van der Waals surface area contributed by atoms with Crippen molar-refractivity contribution in [1.82, 2.24) is 15.2 Å². The number of hydrogen-bond acceptors (Lipinski definition) is 3. The van der Waals surface area contributed by atoms with Crippen molar-refractivity contribution in [1.29, 1.82) is 0 Å². The maximum atomic E-state index is 12.3. The molecule has 5 heteroatoms. The molecule has 1 atom stereocenters. The van der Waals surface area contributed by atoms with E-state index in [1.54, 1.807) is 0 Å². The van der Waals surface area contributed by atoms with Crippen LogP contribution >= 0.6 is 0 Å². The zero-order valence-electron chi connectivity index (χ0n) is 15.4. The van der Waals surface area contributed by atoms with Crippen molar-refractivity contribution in [3.63, 3.8) is 0 Å². The van der Waals surface area contributed by atoms with Crippen molar-refractivity contribution in [2.75, 3.05) is 19.6 Å². The zero-order chi connectivity index (χ0) is 18.5. The number of nitrogens with one attached hydrogen (secondary N) is 1. The lowest BCUT2D eigenvalue weighted by atomic mass is 9.93. The molecule has 1 aliphatic rings. The van der Waals surface area contributed by atoms with Crippen molar-refractivity contribution in [3.05, 3.63) is 53.7 Å². The Bertz CT molecular complexity index is 803. The molecule has 2 heterocycles. The number of amides is 2. The van der Waals surface area contributed by atoms with Crippen molar-refractivity contribution < 1.29 is 9.59 Å². The van der Waals surface area contributed by atoms with E-state index in [2.05, 4.69) is 30.4 Å². The number of pyridine rings is 1. The van der Waals surface area contributed by atoms with Crippen LogP contribution in [0.2, 0.25) is 0 Å². The second-order valence-corrected chi connectivity index (χ2v) is 6.91. The number of aryl methyl sites for hydroxylation is 1. The average molecular weight is 351 g/mol. The molecule has 1 unspecified atom stereocenters. The molecule has 3 rings (SSSR count). The van der Waals surface area contributed by atoms with Gasteiger partial charge in [0.15, 0.2) is 0 Å². The molecule has 1 fully saturated rings. The Morgan fingerprint density at radius 1 is 1.23 bits per heavy atom. The Kier molecular flexibility index (Phi) is 5.66. The molecule has 5 nitrogen and oxygen atoms in total. The van der Waals surface area contributed by atoms with E-state index in [0.717, 1.165) is 36.3 Å². The Morgan fingerprint density at radius 2 is 2.04 bits per heavy atom. The van der Waals surface area contributed by atoms with Crippen LogP contribution in [0.15, 0.2) is 42.5 Å². The summed E-state index contributed by atoms with van der Waals surface area (Å²) in [7, 11) is 0. The Hall–Kier alpha value is -2.69. The van der Waals surface area contributed by atoms with E-state index in [-0.39, 0.29) is 24.3 Å². The first-order valence-electron chi connectivity index (χ1n) is 9.09. The van der Waals surface area contributed by atoms with E-state index in [1.807, 2.05) is 29.2 Å². The fraction of sp³-hybridized carbons (Fsp3) is 0.381. The summed E-state index contributed by atoms with van der Waals surface area (Å²) < 4.78 is 0. The Labute approximate surface area is 154 Å². The number of rotatable bonds is 4. The molecule has 0 bridgehead atoms. The van der Waals surface area contributed by atoms with Crippen LogP contribution in [0.4, 0.5) is 0 Å². The number of benzene rings is 1. The van der Waals surface area contributed by atoms with Gasteiger partial charge in [-0.2, -0.15) is 0 Å². The quantitative estimate of drug-likeness (QED) is 0.921. The van der Waals surface area contributed by atoms with E-state index in [9.17, 15) is 9.59 Å². The van der Waals surface area contributed by atoms with Gasteiger partial charge in [0.1, 0.15) is 0 Å². The van der Waals surface area contributed by atoms with Gasteiger partial charge in [-0.15, -0.1) is 0 Å². The monoisotopic (exact) mass is 351 g/mol. The van der Waals surface area contributed by atoms with Crippen molar-refractivity contribution >= 4 is 11.8 Å². The third kappa shape index (κ3) is 4.48. The van der Waals surface area contributed by atoms with Gasteiger partial charge < -0.3 is 10.2 Å². The molecule has 136 valence electrons. The van der Waals surface area contributed by atoms with E-state index in [4.69, 9.17) is 4.98 Å². The third-order valence-corrected chi connectivity index (χ3v) is 4.77. The predicted octanol–water partition coefficient (Wildman–Crippen LogP) is 2.90. The highest BCUT2D eigenvalue weighted by Crippen LogP contribution is 2.28. The van der Waals surface area contributed by atoms with E-state index in [1.165, 1.54) is 12.5 Å². The molecule has 1 saturated heterocycles. The van der Waals surface area contributed by atoms with Crippen LogP contribution in [-0.4, -0.2) is 41.3 Å². The standard InChI is InChI=1S/C21H25N3O2/c1-15-6-3-7-17(12-15)19-9-4-10-20(23-19)18-8-5-11-24(14-18)21(26)13-22-16(2)25/h3-4,6-7,9-10,12,18H,5,8,11,13-14H2,1-2H3,(H,22,25). The van der Waals surface area contributed by atoms with Gasteiger partial charge in [-0.3, -0.25) is 14.6 Å². The highest BCUT2D eigenvalue weighted by atomic mass is 16.2. The zero-order valence-corrected chi connectivity index (χ0v) is 15.4. The minimum Gasteiger partial charge on any atom is -0.347 e. The van der Waals surface area contributed by atoms with Crippen molar-refractivity contribution in [2.45, 2.75) is 32.6 Å². The van der Waals surface area contributed by atoms with Crippen LogP contribution in [0.3, 0.4) is 0 Å². The number of aromatic nitrogens is 1. The lowest BCUT2D eigenvalue weighted by molar-refractivity contribution is -0.133. The van der Waals surface area contributed by atoms with Gasteiger partial charge in [-0.1, -0.05) is 29.8 Å². The average Bonchev–Trinajstić information content (AvgIpc) is 2.66. The van der Waals surface area contributed by atoms with Gasteiger partial charge in [-0.05, 0) is 38.0 Å². The van der Waals surface area contributed by atoms with Crippen LogP contribution in [0.5, 0.6) is 0 Å². The number of likely N-dealkylation sites (tertiary alicyclic amines) is 1. The maximum absolute atomic E-state index is 12.3. The van der Waals surface area contributed by atoms with Crippen molar-refractivity contribution in [3.8, 4) is 11.3 Å². The molecule has 0 aliphatic carbocycles. The molecule has 1 aromatic heterocycles. The maximum Gasteiger partial charge on any atom is 0.241 e. The molecule has 1 aliphatic heterocycles. The second kappa shape index (κ2) is 8.13. The van der Waals surface area contributed by atoms with Gasteiger partial charge in [0.05, 0.1) is 12.2 Å². The highest BCUT2D eigenvalue weighted by Gasteiger charge is 2.25. The van der Waals surface area contributed by atoms with Crippen LogP contribution in [0, 0.1) is 6.92 Å². The number of hydrogen-bond donors (Lipinski definition) is 1. The van der Waals surface area contributed by atoms with Gasteiger partial charge in [0.25, 0.3) is 0 Å². The Balaban J connectivity index is 1.73. The summed E-state index contributed by atoms with van der Waals surface area (Å²) in [6.45, 7) is 4.97. The lowest BCUT2D eigenvalue weighted by Crippen LogP contribution is -2.44. The number of piperidine rings is 1. The summed E-state index contributed by atoms with van der Waals surface area (Å²) >= 11 is 0. The molecule has 2 amide bonds. The van der Waals surface area contributed by atoms with Crippen LogP contribution in [0.25, 0.3) is 11.3 Å². The fourth-order valence-corrected chi connectivity index (χ4v) is 3.40. The summed E-state index contributed by atoms with van der Waals surface area (Å²) in [6.07, 6.45) is 1.97. The Morgan fingerprint density at radius 3 is 2.81 bits per heavy atom. The first-order chi connectivity index (χ1) is 12.5. The summed E-state index contributed by atoms with van der Waals surface area (Å²) in [6, 6.07) is 14.4. The minimum absolute atomic E-state index is 0.0280. The smallest absolute Gasteiger partial charge is 0.241 e. The summed E-state index contributed by atoms with van der Waals surface area (Å²) in [4.78, 5) is 30.0. The number of nitrogens with zero attached hydrogens (tertiary/aromatic N) is 2. The van der Waals surface area contributed by atoms with E-state index >= 15 is 0 Å². The van der Waals surface area contributed by atoms with Gasteiger partial charge in [0, 0.05) is 37.2 Å². The first kappa shape index (κ1) is 18.1. The normalized spacial score (nSPS) is 17.0. The number of carbonyl (C=O) groups excluding carboxylic acids is 2. The second-order valence-electron chi connectivity index (χ2n) is 6.91.